The largest absolute Gasteiger partial charge is 0.393 e. The lowest BCUT2D eigenvalue weighted by atomic mass is 10.1. The molecule has 1 amide bonds. The first-order valence-corrected chi connectivity index (χ1v) is 4.13. The molecule has 1 rings (SSSR count). The Morgan fingerprint density at radius 2 is 2.17 bits per heavy atom. The summed E-state index contributed by atoms with van der Waals surface area (Å²) in [6.45, 7) is 1.28. The predicted molar refractivity (Wildman–Crippen MR) is 45.3 cm³/mol. The summed E-state index contributed by atoms with van der Waals surface area (Å²) in [5, 5.41) is 9.16. The van der Waals surface area contributed by atoms with E-state index in [0.717, 1.165) is 0 Å². The van der Waals surface area contributed by atoms with Gasteiger partial charge >= 0.3 is 0 Å². The third kappa shape index (κ3) is 2.24. The highest BCUT2D eigenvalue weighted by Crippen LogP contribution is 2.10. The van der Waals surface area contributed by atoms with Gasteiger partial charge in [0.1, 0.15) is 0 Å². The standard InChI is InChI=1S/C9H13NO2/c1-2-3-9(12)10-6-4-8(11)5-7-10/h1,8,11H,3-7H2. The Kier molecular flexibility index (Phi) is 3.12. The molecular formula is C9H13NO2. The van der Waals surface area contributed by atoms with E-state index in [0.29, 0.717) is 25.9 Å². The number of nitrogens with zero attached hydrogens (tertiary/aromatic N) is 1. The van der Waals surface area contributed by atoms with E-state index in [2.05, 4.69) is 5.92 Å². The van der Waals surface area contributed by atoms with Crippen LogP contribution in [-0.2, 0) is 4.79 Å². The van der Waals surface area contributed by atoms with Crippen molar-refractivity contribution in [1.82, 2.24) is 4.90 Å². The Balaban J connectivity index is 2.35. The van der Waals surface area contributed by atoms with Crippen molar-refractivity contribution < 1.29 is 9.90 Å². The summed E-state index contributed by atoms with van der Waals surface area (Å²) in [6.07, 6.45) is 6.31. The third-order valence-corrected chi connectivity index (χ3v) is 2.07. The molecule has 0 atom stereocenters. The van der Waals surface area contributed by atoms with E-state index in [4.69, 9.17) is 11.5 Å². The lowest BCUT2D eigenvalue weighted by molar-refractivity contribution is -0.132. The maximum absolute atomic E-state index is 11.2. The van der Waals surface area contributed by atoms with Crippen molar-refractivity contribution in [3.8, 4) is 12.3 Å². The summed E-state index contributed by atoms with van der Waals surface area (Å²) in [6, 6.07) is 0. The van der Waals surface area contributed by atoms with Crippen molar-refractivity contribution in [2.45, 2.75) is 25.4 Å². The normalized spacial score (nSPS) is 18.8. The molecule has 3 nitrogen and oxygen atoms in total. The summed E-state index contributed by atoms with van der Waals surface area (Å²) in [7, 11) is 0. The number of hydrogen-bond donors (Lipinski definition) is 1. The van der Waals surface area contributed by atoms with Crippen molar-refractivity contribution in [1.29, 1.82) is 0 Å². The van der Waals surface area contributed by atoms with Gasteiger partial charge in [-0.15, -0.1) is 6.42 Å². The second kappa shape index (κ2) is 4.13. The highest BCUT2D eigenvalue weighted by atomic mass is 16.3. The number of amides is 1. The topological polar surface area (TPSA) is 40.5 Å². The summed E-state index contributed by atoms with van der Waals surface area (Å²) in [5.41, 5.74) is 0. The van der Waals surface area contributed by atoms with E-state index in [-0.39, 0.29) is 18.4 Å². The van der Waals surface area contributed by atoms with Crippen LogP contribution in [0.15, 0.2) is 0 Å². The average Bonchev–Trinajstić information content (AvgIpc) is 2.06. The lowest BCUT2D eigenvalue weighted by Crippen LogP contribution is -2.39. The molecular weight excluding hydrogens is 154 g/mol. The monoisotopic (exact) mass is 167 g/mol. The minimum absolute atomic E-state index is 0.00407. The molecule has 1 aliphatic heterocycles. The average molecular weight is 167 g/mol. The van der Waals surface area contributed by atoms with Crippen molar-refractivity contribution in [3.05, 3.63) is 0 Å². The molecule has 0 bridgehead atoms. The van der Waals surface area contributed by atoms with E-state index < -0.39 is 0 Å². The Labute approximate surface area is 72.4 Å². The van der Waals surface area contributed by atoms with E-state index >= 15 is 0 Å². The number of terminal acetylenes is 1. The molecule has 66 valence electrons. The van der Waals surface area contributed by atoms with Gasteiger partial charge in [0.25, 0.3) is 0 Å². The van der Waals surface area contributed by atoms with Gasteiger partial charge in [-0.3, -0.25) is 4.79 Å². The van der Waals surface area contributed by atoms with E-state index in [9.17, 15) is 4.79 Å². The molecule has 0 spiro atoms. The van der Waals surface area contributed by atoms with Gasteiger partial charge in [-0.1, -0.05) is 5.92 Å². The fourth-order valence-electron chi connectivity index (χ4n) is 1.31. The van der Waals surface area contributed by atoms with Crippen LogP contribution in [0.4, 0.5) is 0 Å². The van der Waals surface area contributed by atoms with Crippen molar-refractivity contribution in [2.24, 2.45) is 0 Å². The molecule has 0 aromatic carbocycles. The van der Waals surface area contributed by atoms with Crippen molar-refractivity contribution in [3.63, 3.8) is 0 Å². The van der Waals surface area contributed by atoms with Crippen LogP contribution >= 0.6 is 0 Å². The van der Waals surface area contributed by atoms with Crippen LogP contribution in [0, 0.1) is 12.3 Å². The molecule has 1 aliphatic rings. The van der Waals surface area contributed by atoms with Gasteiger partial charge in [-0.25, -0.2) is 0 Å². The molecule has 0 saturated carbocycles. The molecule has 1 heterocycles. The number of carbonyl (C=O) groups is 1. The first kappa shape index (κ1) is 9.08. The van der Waals surface area contributed by atoms with E-state index in [1.54, 1.807) is 4.90 Å². The van der Waals surface area contributed by atoms with Gasteiger partial charge in [0.15, 0.2) is 0 Å². The summed E-state index contributed by atoms with van der Waals surface area (Å²) in [4.78, 5) is 12.9. The summed E-state index contributed by atoms with van der Waals surface area (Å²) >= 11 is 0. The van der Waals surface area contributed by atoms with Crippen LogP contribution < -0.4 is 0 Å². The van der Waals surface area contributed by atoms with E-state index in [1.165, 1.54) is 0 Å². The number of piperidine rings is 1. The fraction of sp³-hybridized carbons (Fsp3) is 0.667. The molecule has 0 aromatic heterocycles. The Bertz CT molecular complexity index is 199. The molecule has 0 aromatic rings. The second-order valence-corrected chi connectivity index (χ2v) is 2.99. The maximum atomic E-state index is 11.2. The zero-order valence-corrected chi connectivity index (χ0v) is 6.99. The molecule has 3 heteroatoms. The number of aliphatic hydroxyl groups excluding tert-OH is 1. The number of aliphatic hydroxyl groups is 1. The van der Waals surface area contributed by atoms with Crippen LogP contribution in [0.25, 0.3) is 0 Å². The molecule has 12 heavy (non-hydrogen) atoms. The highest BCUT2D eigenvalue weighted by Gasteiger charge is 2.19. The summed E-state index contributed by atoms with van der Waals surface area (Å²) < 4.78 is 0. The van der Waals surface area contributed by atoms with Crippen LogP contribution in [0.2, 0.25) is 0 Å². The van der Waals surface area contributed by atoms with Gasteiger partial charge < -0.3 is 10.0 Å². The van der Waals surface area contributed by atoms with Crippen LogP contribution in [0.5, 0.6) is 0 Å². The zero-order valence-electron chi connectivity index (χ0n) is 6.99. The minimum Gasteiger partial charge on any atom is -0.393 e. The third-order valence-electron chi connectivity index (χ3n) is 2.07. The van der Waals surface area contributed by atoms with Crippen molar-refractivity contribution in [2.75, 3.05) is 13.1 Å². The Hall–Kier alpha value is -1.01. The van der Waals surface area contributed by atoms with Gasteiger partial charge in [0.05, 0.1) is 12.5 Å². The summed E-state index contributed by atoms with van der Waals surface area (Å²) in [5.74, 6) is 2.33. The Morgan fingerprint density at radius 3 is 2.67 bits per heavy atom. The predicted octanol–water partition coefficient (Wildman–Crippen LogP) is -0.00700. The number of hydrogen-bond acceptors (Lipinski definition) is 2. The van der Waals surface area contributed by atoms with Crippen LogP contribution in [-0.4, -0.2) is 35.1 Å². The Morgan fingerprint density at radius 1 is 1.58 bits per heavy atom. The van der Waals surface area contributed by atoms with Gasteiger partial charge in [0.2, 0.25) is 5.91 Å². The van der Waals surface area contributed by atoms with Crippen LogP contribution in [0.3, 0.4) is 0 Å². The van der Waals surface area contributed by atoms with Gasteiger partial charge in [0, 0.05) is 13.1 Å². The minimum atomic E-state index is -0.236. The first-order chi connectivity index (χ1) is 5.74. The van der Waals surface area contributed by atoms with Gasteiger partial charge in [-0.2, -0.15) is 0 Å². The fourth-order valence-corrected chi connectivity index (χ4v) is 1.31. The smallest absolute Gasteiger partial charge is 0.234 e. The molecule has 1 saturated heterocycles. The number of rotatable bonds is 1. The quantitative estimate of drug-likeness (QED) is 0.558. The maximum Gasteiger partial charge on any atom is 0.234 e. The van der Waals surface area contributed by atoms with E-state index in [1.807, 2.05) is 0 Å². The lowest BCUT2D eigenvalue weighted by Gasteiger charge is -2.29. The molecule has 0 aliphatic carbocycles. The van der Waals surface area contributed by atoms with Gasteiger partial charge in [-0.05, 0) is 12.8 Å². The first-order valence-electron chi connectivity index (χ1n) is 4.13. The SMILES string of the molecule is C#CCC(=O)N1CCC(O)CC1. The number of likely N-dealkylation sites (tertiary alicyclic amines) is 1. The second-order valence-electron chi connectivity index (χ2n) is 2.99. The number of carbonyl (C=O) groups excluding carboxylic acids is 1. The molecule has 1 fully saturated rings. The zero-order chi connectivity index (χ0) is 8.97. The molecule has 0 radical (unpaired) electrons. The van der Waals surface area contributed by atoms with Crippen LogP contribution in [0.1, 0.15) is 19.3 Å². The molecule has 1 N–H and O–H groups in total. The van der Waals surface area contributed by atoms with Crippen molar-refractivity contribution >= 4 is 5.91 Å². The molecule has 0 unspecified atom stereocenters. The highest BCUT2D eigenvalue weighted by molar-refractivity contribution is 5.78.